The maximum atomic E-state index is 12.4. The van der Waals surface area contributed by atoms with E-state index in [0.29, 0.717) is 26.2 Å². The number of carbonyl (C=O) groups is 2. The van der Waals surface area contributed by atoms with E-state index in [1.807, 2.05) is 35.2 Å². The Bertz CT molecular complexity index is 723. The SMILES string of the molecule is CC1(N2CCC3(CCNC(=O)O3)CC2)CCN(C(=O)OCc2ccccc2)CC1. The number of alkyl carbamates (subject to hydrolysis) is 1. The van der Waals surface area contributed by atoms with E-state index >= 15 is 0 Å². The number of rotatable bonds is 3. The zero-order chi connectivity index (χ0) is 20.3. The number of likely N-dealkylation sites (tertiary alicyclic amines) is 2. The highest BCUT2D eigenvalue weighted by Crippen LogP contribution is 2.37. The van der Waals surface area contributed by atoms with Crippen LogP contribution in [-0.2, 0) is 16.1 Å². The standard InChI is InChI=1S/C22H31N3O4/c1-21(25-15-10-22(11-16-25)7-12-23-19(26)29-22)8-13-24(14-9-21)20(27)28-17-18-5-3-2-4-6-18/h2-6H,7-17H2,1H3,(H,23,26). The normalized spacial score (nSPS) is 23.9. The molecule has 1 spiro atoms. The third-order valence-electron chi connectivity index (χ3n) is 6.90. The first-order chi connectivity index (χ1) is 14.0. The Labute approximate surface area is 172 Å². The van der Waals surface area contributed by atoms with Crippen LogP contribution in [0.15, 0.2) is 30.3 Å². The number of ether oxygens (including phenoxy) is 2. The van der Waals surface area contributed by atoms with Gasteiger partial charge >= 0.3 is 12.2 Å². The molecule has 0 aliphatic carbocycles. The van der Waals surface area contributed by atoms with E-state index in [4.69, 9.17) is 9.47 Å². The Morgan fingerprint density at radius 3 is 2.41 bits per heavy atom. The molecule has 1 N–H and O–H groups in total. The van der Waals surface area contributed by atoms with Crippen molar-refractivity contribution in [2.24, 2.45) is 0 Å². The summed E-state index contributed by atoms with van der Waals surface area (Å²) in [4.78, 5) is 28.4. The molecule has 0 aromatic heterocycles. The molecular formula is C22H31N3O4. The molecule has 158 valence electrons. The van der Waals surface area contributed by atoms with Gasteiger partial charge in [-0.15, -0.1) is 0 Å². The predicted molar refractivity (Wildman–Crippen MR) is 108 cm³/mol. The van der Waals surface area contributed by atoms with Crippen molar-refractivity contribution in [1.29, 1.82) is 0 Å². The molecule has 0 radical (unpaired) electrons. The molecule has 3 aliphatic rings. The van der Waals surface area contributed by atoms with Gasteiger partial charge in [0.25, 0.3) is 0 Å². The smallest absolute Gasteiger partial charge is 0.410 e. The lowest BCUT2D eigenvalue weighted by atomic mass is 9.81. The van der Waals surface area contributed by atoms with E-state index in [1.54, 1.807) is 0 Å². The number of hydrogen-bond acceptors (Lipinski definition) is 5. The van der Waals surface area contributed by atoms with Gasteiger partial charge in [-0.25, -0.2) is 9.59 Å². The molecule has 29 heavy (non-hydrogen) atoms. The fraction of sp³-hybridized carbons (Fsp3) is 0.636. The first-order valence-corrected chi connectivity index (χ1v) is 10.7. The Morgan fingerprint density at radius 1 is 1.07 bits per heavy atom. The van der Waals surface area contributed by atoms with E-state index in [0.717, 1.165) is 50.8 Å². The summed E-state index contributed by atoms with van der Waals surface area (Å²) >= 11 is 0. The van der Waals surface area contributed by atoms with Crippen molar-refractivity contribution >= 4 is 12.2 Å². The zero-order valence-corrected chi connectivity index (χ0v) is 17.2. The largest absolute Gasteiger partial charge is 0.445 e. The summed E-state index contributed by atoms with van der Waals surface area (Å²) in [7, 11) is 0. The number of nitrogens with one attached hydrogen (secondary N) is 1. The first kappa shape index (κ1) is 20.0. The molecule has 4 rings (SSSR count). The lowest BCUT2D eigenvalue weighted by Gasteiger charge is -2.51. The minimum atomic E-state index is -0.281. The fourth-order valence-electron chi connectivity index (χ4n) is 4.78. The maximum Gasteiger partial charge on any atom is 0.410 e. The number of benzene rings is 1. The quantitative estimate of drug-likeness (QED) is 0.843. The molecule has 0 unspecified atom stereocenters. The summed E-state index contributed by atoms with van der Waals surface area (Å²) in [5.74, 6) is 0. The highest BCUT2D eigenvalue weighted by Gasteiger charge is 2.45. The highest BCUT2D eigenvalue weighted by atomic mass is 16.6. The van der Waals surface area contributed by atoms with Crippen molar-refractivity contribution in [2.45, 2.75) is 56.8 Å². The van der Waals surface area contributed by atoms with Crippen LogP contribution in [0, 0.1) is 0 Å². The van der Waals surface area contributed by atoms with Crippen molar-refractivity contribution in [1.82, 2.24) is 15.1 Å². The topological polar surface area (TPSA) is 71.1 Å². The number of piperidine rings is 2. The molecule has 3 aliphatic heterocycles. The molecule has 2 amide bonds. The molecule has 0 atom stereocenters. The number of hydrogen-bond donors (Lipinski definition) is 1. The van der Waals surface area contributed by atoms with Gasteiger partial charge < -0.3 is 19.7 Å². The second-order valence-corrected chi connectivity index (χ2v) is 8.76. The van der Waals surface area contributed by atoms with Crippen molar-refractivity contribution in [3.8, 4) is 0 Å². The number of nitrogens with zero attached hydrogens (tertiary/aromatic N) is 2. The third-order valence-corrected chi connectivity index (χ3v) is 6.90. The summed E-state index contributed by atoms with van der Waals surface area (Å²) in [6, 6.07) is 9.77. The van der Waals surface area contributed by atoms with Crippen LogP contribution in [0.1, 0.15) is 44.6 Å². The molecule has 7 nitrogen and oxygen atoms in total. The molecule has 3 saturated heterocycles. The van der Waals surface area contributed by atoms with E-state index in [1.165, 1.54) is 0 Å². The second-order valence-electron chi connectivity index (χ2n) is 8.76. The summed E-state index contributed by atoms with van der Waals surface area (Å²) in [6.45, 7) is 6.61. The van der Waals surface area contributed by atoms with Crippen LogP contribution in [0.25, 0.3) is 0 Å². The summed E-state index contributed by atoms with van der Waals surface area (Å²) in [6.07, 6.45) is 4.03. The van der Waals surface area contributed by atoms with Crippen molar-refractivity contribution < 1.29 is 19.1 Å². The van der Waals surface area contributed by atoms with E-state index in [9.17, 15) is 9.59 Å². The van der Waals surface area contributed by atoms with Gasteiger partial charge in [-0.3, -0.25) is 4.90 Å². The van der Waals surface area contributed by atoms with E-state index < -0.39 is 0 Å². The van der Waals surface area contributed by atoms with Gasteiger partial charge in [-0.1, -0.05) is 30.3 Å². The van der Waals surface area contributed by atoms with Gasteiger partial charge in [-0.05, 0) is 25.3 Å². The van der Waals surface area contributed by atoms with Gasteiger partial charge in [-0.2, -0.15) is 0 Å². The Morgan fingerprint density at radius 2 is 1.76 bits per heavy atom. The summed E-state index contributed by atoms with van der Waals surface area (Å²) in [5, 5.41) is 2.75. The number of carbonyl (C=O) groups excluding carboxylic acids is 2. The molecule has 7 heteroatoms. The van der Waals surface area contributed by atoms with Crippen molar-refractivity contribution in [3.05, 3.63) is 35.9 Å². The van der Waals surface area contributed by atoms with Gasteiger partial charge in [0.15, 0.2) is 0 Å². The molecule has 3 heterocycles. The van der Waals surface area contributed by atoms with Crippen molar-refractivity contribution in [2.75, 3.05) is 32.7 Å². The predicted octanol–water partition coefficient (Wildman–Crippen LogP) is 3.14. The summed E-state index contributed by atoms with van der Waals surface area (Å²) in [5.41, 5.74) is 0.801. The molecule has 1 aromatic carbocycles. The van der Waals surface area contributed by atoms with Crippen LogP contribution >= 0.6 is 0 Å². The van der Waals surface area contributed by atoms with E-state index in [-0.39, 0.29) is 23.3 Å². The van der Waals surface area contributed by atoms with Crippen LogP contribution in [0.5, 0.6) is 0 Å². The molecule has 3 fully saturated rings. The highest BCUT2D eigenvalue weighted by molar-refractivity contribution is 5.68. The van der Waals surface area contributed by atoms with Crippen LogP contribution in [0.4, 0.5) is 9.59 Å². The van der Waals surface area contributed by atoms with E-state index in [2.05, 4.69) is 17.1 Å². The molecule has 0 saturated carbocycles. The van der Waals surface area contributed by atoms with Gasteiger partial charge in [0, 0.05) is 57.5 Å². The molecular weight excluding hydrogens is 370 g/mol. The third kappa shape index (κ3) is 4.50. The second kappa shape index (κ2) is 8.22. The van der Waals surface area contributed by atoms with Gasteiger partial charge in [0.1, 0.15) is 12.2 Å². The van der Waals surface area contributed by atoms with Crippen LogP contribution in [0.2, 0.25) is 0 Å². The Kier molecular flexibility index (Phi) is 5.67. The van der Waals surface area contributed by atoms with Gasteiger partial charge in [0.05, 0.1) is 0 Å². The summed E-state index contributed by atoms with van der Waals surface area (Å²) < 4.78 is 11.1. The zero-order valence-electron chi connectivity index (χ0n) is 17.2. The Balaban J connectivity index is 1.25. The van der Waals surface area contributed by atoms with Gasteiger partial charge in [0.2, 0.25) is 0 Å². The van der Waals surface area contributed by atoms with Crippen LogP contribution < -0.4 is 5.32 Å². The van der Waals surface area contributed by atoms with Crippen LogP contribution in [-0.4, -0.2) is 65.9 Å². The maximum absolute atomic E-state index is 12.4. The van der Waals surface area contributed by atoms with Crippen LogP contribution in [0.3, 0.4) is 0 Å². The Hall–Kier alpha value is -2.28. The minimum Gasteiger partial charge on any atom is -0.445 e. The lowest BCUT2D eigenvalue weighted by molar-refractivity contribution is -0.0797. The molecule has 0 bridgehead atoms. The monoisotopic (exact) mass is 401 g/mol. The van der Waals surface area contributed by atoms with Crippen molar-refractivity contribution in [3.63, 3.8) is 0 Å². The average molecular weight is 402 g/mol. The average Bonchev–Trinajstić information content (AvgIpc) is 2.73. The number of amides is 2. The molecule has 1 aromatic rings. The first-order valence-electron chi connectivity index (χ1n) is 10.7. The fourth-order valence-corrected chi connectivity index (χ4v) is 4.78. The lowest BCUT2D eigenvalue weighted by Crippen LogP contribution is -2.60. The minimum absolute atomic E-state index is 0.0781.